The number of nitrogens with one attached hydrogen (secondary N) is 1. The Labute approximate surface area is 166 Å². The Morgan fingerprint density at radius 2 is 1.75 bits per heavy atom. The van der Waals surface area contributed by atoms with Crippen LogP contribution in [0.15, 0.2) is 67.3 Å². The molecule has 28 heavy (non-hydrogen) atoms. The van der Waals surface area contributed by atoms with Gasteiger partial charge in [-0.1, -0.05) is 43.0 Å². The van der Waals surface area contributed by atoms with Crippen LogP contribution in [0.4, 0.5) is 0 Å². The fraction of sp³-hybridized carbons (Fsp3) is 0.304. The predicted molar refractivity (Wildman–Crippen MR) is 109 cm³/mol. The minimum Gasteiger partial charge on any atom is -0.492 e. The average Bonchev–Trinajstić information content (AvgIpc) is 2.77. The van der Waals surface area contributed by atoms with E-state index in [0.717, 1.165) is 24.2 Å². The number of benzene rings is 2. The zero-order chi connectivity index (χ0) is 19.8. The lowest BCUT2D eigenvalue weighted by molar-refractivity contribution is -0.127. The van der Waals surface area contributed by atoms with Crippen LogP contribution in [0.2, 0.25) is 0 Å². The van der Waals surface area contributed by atoms with Crippen molar-refractivity contribution >= 4 is 11.8 Å². The third-order valence-electron chi connectivity index (χ3n) is 5.03. The van der Waals surface area contributed by atoms with Crippen LogP contribution in [-0.4, -0.2) is 43.0 Å². The zero-order valence-electron chi connectivity index (χ0n) is 16.0. The van der Waals surface area contributed by atoms with Gasteiger partial charge in [0.05, 0.1) is 6.54 Å². The number of amides is 2. The summed E-state index contributed by atoms with van der Waals surface area (Å²) in [4.78, 5) is 26.3. The SMILES string of the molecule is C=CC(=O)N1CCC(c2ccccc2C(=O)NCCOc2ccccc2)CC1. The fourth-order valence-corrected chi connectivity index (χ4v) is 3.55. The Bertz CT molecular complexity index is 812. The first-order valence-corrected chi connectivity index (χ1v) is 9.65. The summed E-state index contributed by atoms with van der Waals surface area (Å²) in [6.07, 6.45) is 3.06. The lowest BCUT2D eigenvalue weighted by atomic mass is 9.86. The number of ether oxygens (including phenoxy) is 1. The molecule has 0 aromatic heterocycles. The van der Waals surface area contributed by atoms with Gasteiger partial charge in [-0.05, 0) is 48.6 Å². The van der Waals surface area contributed by atoms with Crippen molar-refractivity contribution in [2.24, 2.45) is 0 Å². The van der Waals surface area contributed by atoms with Gasteiger partial charge in [0.2, 0.25) is 5.91 Å². The van der Waals surface area contributed by atoms with Crippen molar-refractivity contribution in [1.29, 1.82) is 0 Å². The van der Waals surface area contributed by atoms with Gasteiger partial charge in [0.1, 0.15) is 12.4 Å². The van der Waals surface area contributed by atoms with Crippen molar-refractivity contribution in [3.05, 3.63) is 78.4 Å². The Morgan fingerprint density at radius 1 is 1.07 bits per heavy atom. The number of likely N-dealkylation sites (tertiary alicyclic amines) is 1. The molecular formula is C23H26N2O3. The molecule has 0 radical (unpaired) electrons. The zero-order valence-corrected chi connectivity index (χ0v) is 16.0. The summed E-state index contributed by atoms with van der Waals surface area (Å²) in [7, 11) is 0. The minimum absolute atomic E-state index is 0.0251. The van der Waals surface area contributed by atoms with Crippen LogP contribution < -0.4 is 10.1 Å². The summed E-state index contributed by atoms with van der Waals surface area (Å²) < 4.78 is 5.62. The molecule has 0 spiro atoms. The molecule has 2 aromatic carbocycles. The van der Waals surface area contributed by atoms with E-state index in [1.807, 2.05) is 59.5 Å². The molecule has 5 nitrogen and oxygen atoms in total. The average molecular weight is 378 g/mol. The number of hydrogen-bond acceptors (Lipinski definition) is 3. The Morgan fingerprint density at radius 3 is 2.46 bits per heavy atom. The molecule has 1 aliphatic rings. The number of rotatable bonds is 7. The number of carbonyl (C=O) groups is 2. The molecule has 0 aliphatic carbocycles. The number of piperidine rings is 1. The van der Waals surface area contributed by atoms with E-state index >= 15 is 0 Å². The summed E-state index contributed by atoms with van der Waals surface area (Å²) in [5.41, 5.74) is 1.75. The maximum Gasteiger partial charge on any atom is 0.251 e. The topological polar surface area (TPSA) is 58.6 Å². The highest BCUT2D eigenvalue weighted by molar-refractivity contribution is 5.95. The van der Waals surface area contributed by atoms with Gasteiger partial charge < -0.3 is 15.0 Å². The van der Waals surface area contributed by atoms with E-state index in [9.17, 15) is 9.59 Å². The normalized spacial score (nSPS) is 14.4. The van der Waals surface area contributed by atoms with Crippen molar-refractivity contribution in [3.63, 3.8) is 0 Å². The second kappa shape index (κ2) is 9.74. The van der Waals surface area contributed by atoms with Crippen molar-refractivity contribution < 1.29 is 14.3 Å². The molecule has 1 aliphatic heterocycles. The Balaban J connectivity index is 1.55. The van der Waals surface area contributed by atoms with E-state index in [-0.39, 0.29) is 17.7 Å². The number of para-hydroxylation sites is 1. The van der Waals surface area contributed by atoms with Crippen molar-refractivity contribution in [2.75, 3.05) is 26.2 Å². The first-order chi connectivity index (χ1) is 13.7. The molecule has 0 atom stereocenters. The molecule has 1 saturated heterocycles. The number of hydrogen-bond donors (Lipinski definition) is 1. The van der Waals surface area contributed by atoms with Crippen molar-refractivity contribution in [2.45, 2.75) is 18.8 Å². The monoisotopic (exact) mass is 378 g/mol. The minimum atomic E-state index is -0.0862. The first-order valence-electron chi connectivity index (χ1n) is 9.65. The van der Waals surface area contributed by atoms with E-state index in [2.05, 4.69) is 11.9 Å². The fourth-order valence-electron chi connectivity index (χ4n) is 3.55. The third kappa shape index (κ3) is 5.00. The van der Waals surface area contributed by atoms with Crippen LogP contribution in [0.3, 0.4) is 0 Å². The van der Waals surface area contributed by atoms with E-state index in [1.165, 1.54) is 6.08 Å². The number of carbonyl (C=O) groups excluding carboxylic acids is 2. The second-order valence-electron chi connectivity index (χ2n) is 6.81. The molecule has 1 heterocycles. The summed E-state index contributed by atoms with van der Waals surface area (Å²) in [5, 5.41) is 2.94. The summed E-state index contributed by atoms with van der Waals surface area (Å²) >= 11 is 0. The molecule has 1 N–H and O–H groups in total. The smallest absolute Gasteiger partial charge is 0.251 e. The van der Waals surface area contributed by atoms with E-state index in [1.54, 1.807) is 0 Å². The van der Waals surface area contributed by atoms with Gasteiger partial charge in [0, 0.05) is 18.7 Å². The largest absolute Gasteiger partial charge is 0.492 e. The van der Waals surface area contributed by atoms with Gasteiger partial charge in [-0.3, -0.25) is 9.59 Å². The lowest BCUT2D eigenvalue weighted by Crippen LogP contribution is -2.37. The quantitative estimate of drug-likeness (QED) is 0.593. The lowest BCUT2D eigenvalue weighted by Gasteiger charge is -2.32. The molecule has 1 fully saturated rings. The van der Waals surface area contributed by atoms with Crippen molar-refractivity contribution in [3.8, 4) is 5.75 Å². The molecule has 0 bridgehead atoms. The molecule has 146 valence electrons. The highest BCUT2D eigenvalue weighted by atomic mass is 16.5. The molecule has 2 amide bonds. The maximum absolute atomic E-state index is 12.7. The molecule has 3 rings (SSSR count). The van der Waals surface area contributed by atoms with E-state index < -0.39 is 0 Å². The molecule has 0 saturated carbocycles. The summed E-state index contributed by atoms with van der Waals surface area (Å²) in [5.74, 6) is 0.953. The Hall–Kier alpha value is -3.08. The standard InChI is InChI=1S/C23H26N2O3/c1-2-22(26)25-15-12-18(13-16-25)20-10-6-7-11-21(20)23(27)24-14-17-28-19-8-4-3-5-9-19/h2-11,18H,1,12-17H2,(H,24,27). The van der Waals surface area contributed by atoms with Crippen molar-refractivity contribution in [1.82, 2.24) is 10.2 Å². The van der Waals surface area contributed by atoms with E-state index in [4.69, 9.17) is 4.74 Å². The van der Waals surface area contributed by atoms with Gasteiger partial charge in [-0.25, -0.2) is 0 Å². The van der Waals surface area contributed by atoms with Crippen LogP contribution in [-0.2, 0) is 4.79 Å². The van der Waals surface area contributed by atoms with E-state index in [0.29, 0.717) is 31.8 Å². The first kappa shape index (κ1) is 19.7. The highest BCUT2D eigenvalue weighted by Crippen LogP contribution is 2.30. The molecule has 0 unspecified atom stereocenters. The summed E-state index contributed by atoms with van der Waals surface area (Å²) in [6, 6.07) is 17.3. The molecular weight excluding hydrogens is 352 g/mol. The van der Waals surface area contributed by atoms with Crippen LogP contribution in [0, 0.1) is 0 Å². The summed E-state index contributed by atoms with van der Waals surface area (Å²) in [6.45, 7) is 5.79. The molecule has 5 heteroatoms. The van der Waals surface area contributed by atoms with Gasteiger partial charge in [0.15, 0.2) is 0 Å². The maximum atomic E-state index is 12.7. The second-order valence-corrected chi connectivity index (χ2v) is 6.81. The van der Waals surface area contributed by atoms with Gasteiger partial charge in [-0.2, -0.15) is 0 Å². The predicted octanol–water partition coefficient (Wildman–Crippen LogP) is 3.39. The highest BCUT2D eigenvalue weighted by Gasteiger charge is 2.25. The van der Waals surface area contributed by atoms with Gasteiger partial charge >= 0.3 is 0 Å². The van der Waals surface area contributed by atoms with Gasteiger partial charge in [-0.15, -0.1) is 0 Å². The third-order valence-corrected chi connectivity index (χ3v) is 5.03. The van der Waals surface area contributed by atoms with Crippen LogP contribution in [0.5, 0.6) is 5.75 Å². The van der Waals surface area contributed by atoms with Gasteiger partial charge in [0.25, 0.3) is 5.91 Å². The molecule has 2 aromatic rings. The Kier molecular flexibility index (Phi) is 6.84. The van der Waals surface area contributed by atoms with Crippen LogP contribution in [0.1, 0.15) is 34.7 Å². The van der Waals surface area contributed by atoms with Crippen LogP contribution >= 0.6 is 0 Å². The number of nitrogens with zero attached hydrogens (tertiary/aromatic N) is 1. The van der Waals surface area contributed by atoms with Crippen LogP contribution in [0.25, 0.3) is 0 Å².